The monoisotopic (exact) mass is 487 g/mol. The van der Waals surface area contributed by atoms with Crippen LogP contribution in [0.4, 0.5) is 17.6 Å². The zero-order chi connectivity index (χ0) is 25.6. The number of amides is 1. The van der Waals surface area contributed by atoms with Gasteiger partial charge in [0.2, 0.25) is 0 Å². The molecule has 0 aliphatic carbocycles. The average Bonchev–Trinajstić information content (AvgIpc) is 2.75. The smallest absolute Gasteiger partial charge is 0.416 e. The van der Waals surface area contributed by atoms with Gasteiger partial charge in [0.1, 0.15) is 5.82 Å². The molecule has 0 aliphatic rings. The fourth-order valence-corrected chi connectivity index (χ4v) is 3.24. The summed E-state index contributed by atoms with van der Waals surface area (Å²) in [5.74, 6) is -2.91. The number of halogens is 4. The fraction of sp³-hybridized carbons (Fsp3) is 0.391. The van der Waals surface area contributed by atoms with Crippen LogP contribution in [0.15, 0.2) is 30.3 Å². The molecule has 186 valence electrons. The minimum absolute atomic E-state index is 0.0116. The minimum Gasteiger partial charge on any atom is -0.493 e. The van der Waals surface area contributed by atoms with E-state index in [4.69, 9.17) is 14.2 Å². The van der Waals surface area contributed by atoms with Crippen LogP contribution in [0.3, 0.4) is 0 Å². The van der Waals surface area contributed by atoms with E-state index in [2.05, 4.69) is 5.32 Å². The Bertz CT molecular complexity index is 1040. The van der Waals surface area contributed by atoms with Crippen LogP contribution in [0.5, 0.6) is 11.5 Å². The van der Waals surface area contributed by atoms with Crippen LogP contribution in [-0.4, -0.2) is 43.4 Å². The second-order valence-electron chi connectivity index (χ2n) is 7.58. The molecule has 0 bridgehead atoms. The second kappa shape index (κ2) is 11.2. The summed E-state index contributed by atoms with van der Waals surface area (Å²) in [6.07, 6.45) is -6.23. The molecule has 1 atom stereocenters. The molecule has 34 heavy (non-hydrogen) atoms. The summed E-state index contributed by atoms with van der Waals surface area (Å²) in [5.41, 5.74) is -0.884. The van der Waals surface area contributed by atoms with Crippen molar-refractivity contribution < 1.29 is 46.5 Å². The number of nitrogens with one attached hydrogen (secondary N) is 1. The molecular formula is C23H25F4NO6. The first-order chi connectivity index (χ1) is 15.9. The summed E-state index contributed by atoms with van der Waals surface area (Å²) in [5, 5.41) is 11.9. The van der Waals surface area contributed by atoms with Gasteiger partial charge in [0.05, 0.1) is 31.5 Å². The van der Waals surface area contributed by atoms with Gasteiger partial charge in [0.25, 0.3) is 5.91 Å². The summed E-state index contributed by atoms with van der Waals surface area (Å²) in [4.78, 5) is 24.0. The van der Waals surface area contributed by atoms with E-state index >= 15 is 0 Å². The van der Waals surface area contributed by atoms with Gasteiger partial charge in [-0.05, 0) is 49.7 Å². The maximum atomic E-state index is 14.1. The summed E-state index contributed by atoms with van der Waals surface area (Å²) in [7, 11) is 2.74. The van der Waals surface area contributed by atoms with Crippen molar-refractivity contribution in [1.82, 2.24) is 5.32 Å². The lowest BCUT2D eigenvalue weighted by Crippen LogP contribution is -2.29. The molecular weight excluding hydrogens is 462 g/mol. The van der Waals surface area contributed by atoms with Crippen LogP contribution in [-0.2, 0) is 28.7 Å². The standard InChI is InChI=1S/C23H25F4NO6/c1-12(2)34-19(22(30)31)9-13-7-14(20(33-4)18(8-13)32-3)11-28-21(29)16-6-5-15(10-17(16)24)23(25,26)27/h5-8,10,12,19H,9,11H2,1-4H3,(H,28,29)(H,30,31). The molecule has 2 aromatic carbocycles. The average molecular weight is 487 g/mol. The SMILES string of the molecule is COc1cc(CC(OC(C)C)C(=O)O)cc(CNC(=O)c2ccc(C(F)(F)F)cc2F)c1OC. The highest BCUT2D eigenvalue weighted by Crippen LogP contribution is 2.34. The number of ether oxygens (including phenoxy) is 3. The molecule has 1 amide bonds. The predicted octanol–water partition coefficient (Wildman–Crippen LogP) is 4.21. The largest absolute Gasteiger partial charge is 0.493 e. The Morgan fingerprint density at radius 3 is 2.26 bits per heavy atom. The molecule has 1 unspecified atom stereocenters. The minimum atomic E-state index is -4.74. The van der Waals surface area contributed by atoms with Crippen molar-refractivity contribution in [1.29, 1.82) is 0 Å². The Morgan fingerprint density at radius 1 is 1.09 bits per heavy atom. The Labute approximate surface area is 193 Å². The Morgan fingerprint density at radius 2 is 1.76 bits per heavy atom. The molecule has 0 heterocycles. The lowest BCUT2D eigenvalue weighted by atomic mass is 10.0. The van der Waals surface area contributed by atoms with Gasteiger partial charge in [-0.25, -0.2) is 9.18 Å². The first-order valence-electron chi connectivity index (χ1n) is 10.1. The molecule has 0 fully saturated rings. The number of carboxylic acids is 1. The molecule has 0 aliphatic heterocycles. The number of carbonyl (C=O) groups excluding carboxylic acids is 1. The van der Waals surface area contributed by atoms with Gasteiger partial charge in [-0.2, -0.15) is 13.2 Å². The number of alkyl halides is 3. The number of rotatable bonds is 10. The van der Waals surface area contributed by atoms with E-state index in [0.29, 0.717) is 17.2 Å². The van der Waals surface area contributed by atoms with E-state index in [0.717, 1.165) is 6.07 Å². The zero-order valence-electron chi connectivity index (χ0n) is 19.0. The van der Waals surface area contributed by atoms with Crippen molar-refractivity contribution in [2.75, 3.05) is 14.2 Å². The van der Waals surface area contributed by atoms with Crippen molar-refractivity contribution in [3.8, 4) is 11.5 Å². The maximum Gasteiger partial charge on any atom is 0.416 e. The Hall–Kier alpha value is -3.34. The maximum absolute atomic E-state index is 14.1. The second-order valence-corrected chi connectivity index (χ2v) is 7.58. The highest BCUT2D eigenvalue weighted by atomic mass is 19.4. The lowest BCUT2D eigenvalue weighted by Gasteiger charge is -2.19. The van der Waals surface area contributed by atoms with E-state index < -0.39 is 41.1 Å². The number of hydrogen-bond acceptors (Lipinski definition) is 5. The Kier molecular flexibility index (Phi) is 8.86. The van der Waals surface area contributed by atoms with Crippen molar-refractivity contribution in [2.45, 2.75) is 45.2 Å². The zero-order valence-corrected chi connectivity index (χ0v) is 19.0. The normalized spacial score (nSPS) is 12.4. The third kappa shape index (κ3) is 6.83. The number of benzene rings is 2. The highest BCUT2D eigenvalue weighted by Gasteiger charge is 2.31. The highest BCUT2D eigenvalue weighted by molar-refractivity contribution is 5.94. The van der Waals surface area contributed by atoms with E-state index in [1.807, 2.05) is 0 Å². The van der Waals surface area contributed by atoms with Gasteiger partial charge in [-0.15, -0.1) is 0 Å². The summed E-state index contributed by atoms with van der Waals surface area (Å²) in [6.45, 7) is 3.20. The summed E-state index contributed by atoms with van der Waals surface area (Å²) in [6, 6.07) is 4.76. The quantitative estimate of drug-likeness (QED) is 0.488. The molecule has 0 aromatic heterocycles. The molecule has 0 radical (unpaired) electrons. The number of carboxylic acid groups (broad SMARTS) is 1. The summed E-state index contributed by atoms with van der Waals surface area (Å²) >= 11 is 0. The van der Waals surface area contributed by atoms with Crippen LogP contribution >= 0.6 is 0 Å². The number of carbonyl (C=O) groups is 2. The molecule has 0 saturated heterocycles. The molecule has 2 N–H and O–H groups in total. The van der Waals surface area contributed by atoms with Gasteiger partial charge in [0.15, 0.2) is 17.6 Å². The topological polar surface area (TPSA) is 94.1 Å². The van der Waals surface area contributed by atoms with Crippen molar-refractivity contribution in [2.24, 2.45) is 0 Å². The molecule has 11 heteroatoms. The van der Waals surface area contributed by atoms with E-state index in [1.165, 1.54) is 14.2 Å². The lowest BCUT2D eigenvalue weighted by molar-refractivity contribution is -0.153. The van der Waals surface area contributed by atoms with E-state index in [9.17, 15) is 32.3 Å². The van der Waals surface area contributed by atoms with Gasteiger partial charge >= 0.3 is 12.1 Å². The summed E-state index contributed by atoms with van der Waals surface area (Å²) < 4.78 is 68.4. The number of methoxy groups -OCH3 is 2. The molecule has 7 nitrogen and oxygen atoms in total. The number of hydrogen-bond donors (Lipinski definition) is 2. The van der Waals surface area contributed by atoms with Gasteiger partial charge in [0, 0.05) is 18.5 Å². The van der Waals surface area contributed by atoms with Crippen molar-refractivity contribution >= 4 is 11.9 Å². The van der Waals surface area contributed by atoms with Crippen LogP contribution in [0, 0.1) is 5.82 Å². The van der Waals surface area contributed by atoms with Crippen molar-refractivity contribution in [3.63, 3.8) is 0 Å². The Balaban J connectivity index is 2.29. The van der Waals surface area contributed by atoms with Gasteiger partial charge in [-0.1, -0.05) is 0 Å². The van der Waals surface area contributed by atoms with E-state index in [-0.39, 0.29) is 36.6 Å². The number of aliphatic carboxylic acids is 1. The third-order valence-corrected chi connectivity index (χ3v) is 4.73. The first kappa shape index (κ1) is 26.9. The molecule has 0 saturated carbocycles. The van der Waals surface area contributed by atoms with Crippen LogP contribution in [0.1, 0.15) is 40.9 Å². The van der Waals surface area contributed by atoms with Crippen LogP contribution < -0.4 is 14.8 Å². The molecule has 2 rings (SSSR count). The first-order valence-corrected chi connectivity index (χ1v) is 10.1. The third-order valence-electron chi connectivity index (χ3n) is 4.73. The van der Waals surface area contributed by atoms with Crippen LogP contribution in [0.25, 0.3) is 0 Å². The fourth-order valence-electron chi connectivity index (χ4n) is 3.24. The van der Waals surface area contributed by atoms with Gasteiger partial charge < -0.3 is 24.6 Å². The molecule has 2 aromatic rings. The van der Waals surface area contributed by atoms with Crippen LogP contribution in [0.2, 0.25) is 0 Å². The van der Waals surface area contributed by atoms with E-state index in [1.54, 1.807) is 26.0 Å². The van der Waals surface area contributed by atoms with Gasteiger partial charge in [-0.3, -0.25) is 4.79 Å². The van der Waals surface area contributed by atoms with Crippen molar-refractivity contribution in [3.05, 3.63) is 58.4 Å². The predicted molar refractivity (Wildman–Crippen MR) is 113 cm³/mol. The molecule has 0 spiro atoms.